The topological polar surface area (TPSA) is 50.8 Å². The highest BCUT2D eigenvalue weighted by Crippen LogP contribution is 2.52. The quantitative estimate of drug-likeness (QED) is 0.917. The van der Waals surface area contributed by atoms with Gasteiger partial charge in [-0.3, -0.25) is 9.69 Å². The predicted octanol–water partition coefficient (Wildman–Crippen LogP) is 2.60. The number of likely N-dealkylation sites (N-methyl/N-ethyl adjacent to an activating group) is 1. The molecule has 1 N–H and O–H groups in total. The average molecular weight is 342 g/mol. The Morgan fingerprint density at radius 1 is 1.12 bits per heavy atom. The lowest BCUT2D eigenvalue weighted by molar-refractivity contribution is -0.121. The molecule has 0 radical (unpaired) electrons. The van der Waals surface area contributed by atoms with Crippen molar-refractivity contribution in [3.63, 3.8) is 0 Å². The number of nitrogens with one attached hydrogen (secondary N) is 1. The molecule has 1 fully saturated rings. The summed E-state index contributed by atoms with van der Waals surface area (Å²) in [6.07, 6.45) is 4.61. The van der Waals surface area contributed by atoms with E-state index in [-0.39, 0.29) is 11.3 Å². The SMILES string of the molecule is COc1ccc(C23CCC4=C(CCC(=O)N4)C2N(C)CC3)cc1OC. The largest absolute Gasteiger partial charge is 0.493 e. The van der Waals surface area contributed by atoms with E-state index in [1.807, 2.05) is 6.07 Å². The van der Waals surface area contributed by atoms with Crippen molar-refractivity contribution >= 4 is 5.91 Å². The molecular weight excluding hydrogens is 316 g/mol. The van der Waals surface area contributed by atoms with Crippen molar-refractivity contribution in [1.82, 2.24) is 10.2 Å². The maximum absolute atomic E-state index is 11.8. The average Bonchev–Trinajstić information content (AvgIpc) is 2.99. The molecule has 0 aromatic heterocycles. The van der Waals surface area contributed by atoms with Crippen molar-refractivity contribution in [2.24, 2.45) is 0 Å². The number of rotatable bonds is 3. The summed E-state index contributed by atoms with van der Waals surface area (Å²) in [6.45, 7) is 1.07. The number of hydrogen-bond acceptors (Lipinski definition) is 4. The van der Waals surface area contributed by atoms with Gasteiger partial charge in [0.2, 0.25) is 5.91 Å². The van der Waals surface area contributed by atoms with Crippen molar-refractivity contribution in [2.45, 2.75) is 43.6 Å². The minimum atomic E-state index is 0.0925. The fraction of sp³-hybridized carbons (Fsp3) is 0.550. The number of nitrogens with zero attached hydrogens (tertiary/aromatic N) is 1. The molecule has 1 aromatic carbocycles. The summed E-state index contributed by atoms with van der Waals surface area (Å²) in [4.78, 5) is 14.3. The molecule has 1 aliphatic carbocycles. The Labute approximate surface area is 149 Å². The molecule has 5 nitrogen and oxygen atoms in total. The Hall–Kier alpha value is -2.01. The highest BCUT2D eigenvalue weighted by atomic mass is 16.5. The van der Waals surface area contributed by atoms with E-state index in [9.17, 15) is 4.79 Å². The molecule has 4 rings (SSSR count). The second-order valence-corrected chi connectivity index (χ2v) is 7.41. The lowest BCUT2D eigenvalue weighted by atomic mass is 9.64. The first kappa shape index (κ1) is 16.5. The van der Waals surface area contributed by atoms with Crippen LogP contribution in [0.5, 0.6) is 11.5 Å². The molecule has 0 saturated carbocycles. The number of ether oxygens (including phenoxy) is 2. The van der Waals surface area contributed by atoms with Crippen molar-refractivity contribution in [2.75, 3.05) is 27.8 Å². The standard InChI is InChI=1S/C20H26N2O3/c1-22-11-10-20(13-4-6-16(24-2)17(12-13)25-3)9-8-15-14(19(20)22)5-7-18(23)21-15/h4,6,12,19H,5,7-11H2,1-3H3,(H,21,23). The van der Waals surface area contributed by atoms with E-state index in [0.29, 0.717) is 12.5 Å². The third-order valence-corrected chi connectivity index (χ3v) is 6.28. The Kier molecular flexibility index (Phi) is 3.99. The summed E-state index contributed by atoms with van der Waals surface area (Å²) in [7, 11) is 5.57. The summed E-state index contributed by atoms with van der Waals surface area (Å²) < 4.78 is 11.0. The molecule has 2 atom stereocenters. The monoisotopic (exact) mass is 342 g/mol. The number of amides is 1. The number of fused-ring (bicyclic) bond motifs is 2. The van der Waals surface area contributed by atoms with Crippen LogP contribution in [-0.2, 0) is 10.2 Å². The van der Waals surface area contributed by atoms with E-state index in [1.54, 1.807) is 14.2 Å². The normalized spacial score (nSPS) is 29.1. The molecule has 2 heterocycles. The predicted molar refractivity (Wildman–Crippen MR) is 95.9 cm³/mol. The molecule has 1 amide bonds. The second kappa shape index (κ2) is 6.06. The Morgan fingerprint density at radius 3 is 2.68 bits per heavy atom. The van der Waals surface area contributed by atoms with Crippen LogP contribution >= 0.6 is 0 Å². The minimum absolute atomic E-state index is 0.0925. The van der Waals surface area contributed by atoms with Gasteiger partial charge in [-0.1, -0.05) is 6.07 Å². The molecule has 1 aromatic rings. The number of allylic oxidation sites excluding steroid dienone is 1. The van der Waals surface area contributed by atoms with Gasteiger partial charge in [-0.05, 0) is 62.5 Å². The van der Waals surface area contributed by atoms with Gasteiger partial charge in [-0.2, -0.15) is 0 Å². The molecule has 5 heteroatoms. The maximum atomic E-state index is 11.8. The lowest BCUT2D eigenvalue weighted by Gasteiger charge is -2.45. The van der Waals surface area contributed by atoms with Crippen LogP contribution < -0.4 is 14.8 Å². The first-order chi connectivity index (χ1) is 12.1. The molecule has 0 spiro atoms. The van der Waals surface area contributed by atoms with Gasteiger partial charge in [0.1, 0.15) is 0 Å². The summed E-state index contributed by atoms with van der Waals surface area (Å²) in [6, 6.07) is 6.72. The minimum Gasteiger partial charge on any atom is -0.493 e. The first-order valence-electron chi connectivity index (χ1n) is 9.03. The molecule has 2 unspecified atom stereocenters. The molecule has 2 aliphatic heterocycles. The Morgan fingerprint density at radius 2 is 1.92 bits per heavy atom. The van der Waals surface area contributed by atoms with Crippen molar-refractivity contribution in [1.29, 1.82) is 0 Å². The van der Waals surface area contributed by atoms with E-state index in [1.165, 1.54) is 16.8 Å². The zero-order chi connectivity index (χ0) is 17.6. The van der Waals surface area contributed by atoms with Gasteiger partial charge in [0.05, 0.1) is 14.2 Å². The highest BCUT2D eigenvalue weighted by Gasteiger charge is 2.52. The fourth-order valence-electron chi connectivity index (χ4n) is 5.10. The molecule has 0 bridgehead atoms. The van der Waals surface area contributed by atoms with Crippen LogP contribution in [0.3, 0.4) is 0 Å². The van der Waals surface area contributed by atoms with Gasteiger partial charge < -0.3 is 14.8 Å². The second-order valence-electron chi connectivity index (χ2n) is 7.41. The number of methoxy groups -OCH3 is 2. The molecule has 1 saturated heterocycles. The summed E-state index contributed by atoms with van der Waals surface area (Å²) in [5.74, 6) is 1.73. The van der Waals surface area contributed by atoms with E-state index < -0.39 is 0 Å². The highest BCUT2D eigenvalue weighted by molar-refractivity contribution is 5.80. The number of benzene rings is 1. The van der Waals surface area contributed by atoms with Crippen LogP contribution in [0.4, 0.5) is 0 Å². The van der Waals surface area contributed by atoms with Gasteiger partial charge in [0.25, 0.3) is 0 Å². The van der Waals surface area contributed by atoms with Gasteiger partial charge in [-0.15, -0.1) is 0 Å². The van der Waals surface area contributed by atoms with Crippen molar-refractivity contribution in [3.8, 4) is 11.5 Å². The number of carbonyl (C=O) groups is 1. The van der Waals surface area contributed by atoms with Gasteiger partial charge in [0, 0.05) is 23.6 Å². The van der Waals surface area contributed by atoms with E-state index >= 15 is 0 Å². The number of likely N-dealkylation sites (tertiary alicyclic amines) is 1. The zero-order valence-electron chi connectivity index (χ0n) is 15.2. The Bertz CT molecular complexity index is 742. The van der Waals surface area contributed by atoms with Crippen LogP contribution in [0.1, 0.15) is 37.7 Å². The lowest BCUT2D eigenvalue weighted by Crippen LogP contribution is -2.48. The maximum Gasteiger partial charge on any atom is 0.224 e. The van der Waals surface area contributed by atoms with E-state index in [0.717, 1.165) is 43.7 Å². The van der Waals surface area contributed by atoms with Crippen molar-refractivity contribution < 1.29 is 14.3 Å². The van der Waals surface area contributed by atoms with Crippen LogP contribution in [0.25, 0.3) is 0 Å². The molecule has 25 heavy (non-hydrogen) atoms. The number of carbonyl (C=O) groups excluding carboxylic acids is 1. The first-order valence-corrected chi connectivity index (χ1v) is 9.03. The molecular formula is C20H26N2O3. The zero-order valence-corrected chi connectivity index (χ0v) is 15.2. The van der Waals surface area contributed by atoms with Crippen LogP contribution in [0.15, 0.2) is 29.5 Å². The summed E-state index contributed by atoms with van der Waals surface area (Å²) in [5, 5.41) is 3.13. The third-order valence-electron chi connectivity index (χ3n) is 6.28. The van der Waals surface area contributed by atoms with Crippen LogP contribution in [0.2, 0.25) is 0 Å². The molecule has 3 aliphatic rings. The molecule has 134 valence electrons. The van der Waals surface area contributed by atoms with E-state index in [2.05, 4.69) is 29.4 Å². The van der Waals surface area contributed by atoms with Gasteiger partial charge in [0.15, 0.2) is 11.5 Å². The van der Waals surface area contributed by atoms with E-state index in [4.69, 9.17) is 9.47 Å². The van der Waals surface area contributed by atoms with Gasteiger partial charge in [-0.25, -0.2) is 0 Å². The fourth-order valence-corrected chi connectivity index (χ4v) is 5.10. The summed E-state index contributed by atoms with van der Waals surface area (Å²) in [5.41, 5.74) is 4.02. The van der Waals surface area contributed by atoms with Crippen LogP contribution in [-0.4, -0.2) is 44.7 Å². The summed E-state index contributed by atoms with van der Waals surface area (Å²) >= 11 is 0. The van der Waals surface area contributed by atoms with Gasteiger partial charge >= 0.3 is 0 Å². The smallest absolute Gasteiger partial charge is 0.224 e. The third kappa shape index (κ3) is 2.44. The Balaban J connectivity index is 1.80. The number of hydrogen-bond donors (Lipinski definition) is 1. The van der Waals surface area contributed by atoms with Crippen LogP contribution in [0, 0.1) is 0 Å². The van der Waals surface area contributed by atoms with Crippen molar-refractivity contribution in [3.05, 3.63) is 35.0 Å².